The number of hydrogen-bond donors (Lipinski definition) is 0. The molecule has 1 rings (SSSR count). The second-order valence-electron chi connectivity index (χ2n) is 2.45. The van der Waals surface area contributed by atoms with Crippen molar-refractivity contribution >= 4 is 67.5 Å². The van der Waals surface area contributed by atoms with Gasteiger partial charge >= 0.3 is 34.0 Å². The molecule has 72 valence electrons. The van der Waals surface area contributed by atoms with Gasteiger partial charge < -0.3 is 16.5 Å². The fourth-order valence-corrected chi connectivity index (χ4v) is 2.68. The quantitative estimate of drug-likeness (QED) is 0.361. The Bertz CT molecular complexity index is 263. The molecule has 1 saturated heterocycles. The van der Waals surface area contributed by atoms with E-state index in [4.69, 9.17) is 3.79 Å². The van der Waals surface area contributed by atoms with Crippen LogP contribution in [0.1, 0.15) is 0 Å². The molecule has 0 amide bonds. The van der Waals surface area contributed by atoms with Gasteiger partial charge in [0.2, 0.25) is 0 Å². The number of nitrogens with zero attached hydrogens (tertiary/aromatic N) is 1. The Morgan fingerprint density at radius 1 is 1.69 bits per heavy atom. The first-order chi connectivity index (χ1) is 5.69. The zero-order valence-corrected chi connectivity index (χ0v) is 14.5. The molecule has 0 aromatic rings. The average Bonchev–Trinajstić information content (AvgIpc) is 2.46. The summed E-state index contributed by atoms with van der Waals surface area (Å²) in [5.41, 5.74) is 1.05. The van der Waals surface area contributed by atoms with Crippen molar-refractivity contribution in [2.45, 2.75) is 6.10 Å². The Morgan fingerprint density at radius 2 is 2.31 bits per heavy atom. The van der Waals surface area contributed by atoms with Gasteiger partial charge in [0.1, 0.15) is 0 Å². The molecule has 0 bridgehead atoms. The molecule has 8 heteroatoms. The fraction of sp³-hybridized carbons (Fsp3) is 0.600. The molecule has 13 heavy (non-hydrogen) atoms. The molecule has 0 saturated carbocycles. The van der Waals surface area contributed by atoms with Crippen molar-refractivity contribution in [3.8, 4) is 0 Å². The predicted molar refractivity (Wildman–Crippen MR) is 64.4 cm³/mol. The molecule has 0 aromatic carbocycles. The van der Waals surface area contributed by atoms with Crippen LogP contribution >= 0.6 is 22.6 Å². The summed E-state index contributed by atoms with van der Waals surface area (Å²) in [5.74, 6) is 0. The van der Waals surface area contributed by atoms with Gasteiger partial charge in [-0.2, -0.15) is 0 Å². The van der Waals surface area contributed by atoms with E-state index in [1.165, 1.54) is 4.31 Å². The molecule has 0 N–H and O–H groups in total. The van der Waals surface area contributed by atoms with E-state index in [1.807, 2.05) is 4.08 Å². The third kappa shape index (κ3) is 3.81. The summed E-state index contributed by atoms with van der Waals surface area (Å²) in [5, 5.41) is 0. The van der Waals surface area contributed by atoms with Gasteiger partial charge in [-0.05, 0) is 20.5 Å². The number of halogens is 1. The van der Waals surface area contributed by atoms with Crippen molar-refractivity contribution in [2.24, 2.45) is 0 Å². The average molecular weight is 345 g/mol. The first kappa shape index (κ1) is 14.4. The summed E-state index contributed by atoms with van der Waals surface area (Å²) in [6, 6.07) is 0. The monoisotopic (exact) mass is 345 g/mol. The normalized spacial score (nSPS) is 26.6. The SMILES string of the molecule is O=[S-](=O)N1C/C(=C\I)[C@@H]([O][AlH2])C1.[AlH2+]. The van der Waals surface area contributed by atoms with Crippen LogP contribution in [0.25, 0.3) is 0 Å². The topological polar surface area (TPSA) is 46.6 Å². The van der Waals surface area contributed by atoms with E-state index in [0.717, 1.165) is 5.57 Å². The van der Waals surface area contributed by atoms with Gasteiger partial charge in [0.15, 0.2) is 0 Å². The second kappa shape index (κ2) is 6.81. The standard InChI is InChI=1S/C5H6INO3S.2Al.4H/c6-1-4-2-7(11(9)10)3-5(4)8;;;;;;/h1,5H,2-3H2;;;;;;/q-2;2*+1;;;;/b4-1+;;;;;;/t5-;;;;;;/m0....../s1. The van der Waals surface area contributed by atoms with Gasteiger partial charge in [-0.25, -0.2) is 0 Å². The van der Waals surface area contributed by atoms with Crippen LogP contribution in [0.5, 0.6) is 0 Å². The van der Waals surface area contributed by atoms with Crippen molar-refractivity contribution in [3.63, 3.8) is 0 Å². The Balaban J connectivity index is 0.00000144. The van der Waals surface area contributed by atoms with Crippen molar-refractivity contribution < 1.29 is 12.2 Å². The molecular formula is C5H10Al2INO3S. The van der Waals surface area contributed by atoms with E-state index in [0.29, 0.717) is 29.7 Å². The molecule has 1 fully saturated rings. The summed E-state index contributed by atoms with van der Waals surface area (Å²) in [7, 11) is -2.11. The van der Waals surface area contributed by atoms with Crippen LogP contribution in [0.2, 0.25) is 0 Å². The van der Waals surface area contributed by atoms with Gasteiger partial charge in [-0.3, -0.25) is 0 Å². The molecule has 1 aliphatic heterocycles. The molecule has 0 spiro atoms. The van der Waals surface area contributed by atoms with Crippen LogP contribution in [0.3, 0.4) is 0 Å². The van der Waals surface area contributed by atoms with E-state index in [9.17, 15) is 8.42 Å². The summed E-state index contributed by atoms with van der Waals surface area (Å²) in [6.45, 7) is 0.945. The first-order valence-electron chi connectivity index (χ1n) is 3.35. The Kier molecular flexibility index (Phi) is 7.55. The van der Waals surface area contributed by atoms with Gasteiger partial charge in [0, 0.05) is 13.1 Å². The van der Waals surface area contributed by atoms with E-state index in [-0.39, 0.29) is 23.5 Å². The molecule has 0 radical (unpaired) electrons. The van der Waals surface area contributed by atoms with Crippen LogP contribution in [0.4, 0.5) is 0 Å². The summed E-state index contributed by atoms with van der Waals surface area (Å²) < 4.78 is 29.7. The third-order valence-electron chi connectivity index (χ3n) is 1.78. The van der Waals surface area contributed by atoms with Gasteiger partial charge in [-0.15, -0.1) is 0 Å². The van der Waals surface area contributed by atoms with Crippen LogP contribution in [0, 0.1) is 0 Å². The fourth-order valence-electron chi connectivity index (χ4n) is 1.12. The molecule has 0 aromatic heterocycles. The summed E-state index contributed by atoms with van der Waals surface area (Å²) in [6.07, 6.45) is -0.00790. The van der Waals surface area contributed by atoms with Crippen LogP contribution < -0.4 is 0 Å². The molecule has 0 aliphatic carbocycles. The molecular weight excluding hydrogens is 335 g/mol. The maximum absolute atomic E-state index is 10.6. The Labute approximate surface area is 112 Å². The van der Waals surface area contributed by atoms with E-state index >= 15 is 0 Å². The molecule has 0 unspecified atom stereocenters. The van der Waals surface area contributed by atoms with Crippen molar-refractivity contribution in [3.05, 3.63) is 9.66 Å². The van der Waals surface area contributed by atoms with E-state index in [1.54, 1.807) is 0 Å². The Morgan fingerprint density at radius 3 is 2.62 bits per heavy atom. The molecule has 1 aliphatic rings. The maximum atomic E-state index is 10.6. The van der Waals surface area contributed by atoms with Crippen LogP contribution in [-0.4, -0.2) is 57.5 Å². The van der Waals surface area contributed by atoms with Crippen molar-refractivity contribution in [1.29, 1.82) is 0 Å². The van der Waals surface area contributed by atoms with Gasteiger partial charge in [0.05, 0.1) is 6.10 Å². The first-order valence-corrected chi connectivity index (χ1v) is 6.44. The second-order valence-corrected chi connectivity index (χ2v) is 4.49. The summed E-state index contributed by atoms with van der Waals surface area (Å²) in [4.78, 5) is 0. The van der Waals surface area contributed by atoms with Gasteiger partial charge in [0.25, 0.3) is 0 Å². The minimum atomic E-state index is -2.11. The van der Waals surface area contributed by atoms with Crippen LogP contribution in [-0.2, 0) is 23.1 Å². The minimum absolute atomic E-state index is 0. The number of hydrogen-bond acceptors (Lipinski definition) is 4. The molecule has 1 atom stereocenters. The zero-order valence-electron chi connectivity index (χ0n) is 7.53. The predicted octanol–water partition coefficient (Wildman–Crippen LogP) is -1.14. The van der Waals surface area contributed by atoms with Crippen molar-refractivity contribution in [1.82, 2.24) is 4.31 Å². The van der Waals surface area contributed by atoms with E-state index < -0.39 is 10.9 Å². The molecule has 4 nitrogen and oxygen atoms in total. The molecule has 1 heterocycles. The van der Waals surface area contributed by atoms with Crippen molar-refractivity contribution in [2.75, 3.05) is 13.1 Å². The van der Waals surface area contributed by atoms with E-state index in [2.05, 4.69) is 22.6 Å². The van der Waals surface area contributed by atoms with Gasteiger partial charge in [-0.1, -0.05) is 22.6 Å². The van der Waals surface area contributed by atoms with Crippen LogP contribution in [0.15, 0.2) is 9.66 Å². The summed E-state index contributed by atoms with van der Waals surface area (Å²) >= 11 is 2.75. The third-order valence-corrected chi connectivity index (χ3v) is 3.85. The zero-order chi connectivity index (χ0) is 9.14. The number of rotatable bonds is 2. The Hall–Kier alpha value is 1.40.